The summed E-state index contributed by atoms with van der Waals surface area (Å²) in [5, 5.41) is 61.5. The molecular formula is C41H61N13O16. The number of hydrogen-bond acceptors (Lipinski definition) is 15. The minimum atomic E-state index is -2.10. The van der Waals surface area contributed by atoms with Crippen molar-refractivity contribution in [2.45, 2.75) is 119 Å². The Balaban J connectivity index is 2.41. The standard InChI is InChI=1S/C41H61N13O16/c42-21(19-55)39(68)54-15-5-9-28(54)38(67)53-26(17-30(44)57)36(65)52-27(18-32(60)61)37(66)49-23(11-13-31(58)59)33(62)48-22(10-12-29(43)56)34(63)51-25(16-20-6-2-1-3-7-20)35(64)50-24(40(69)70)8-4-14-47-41(45)46/h1-3,6-7,21-28,55H,4-5,8-19,42H2,(H2,43,56)(H2,44,57)(H,48,62)(H,49,66)(H,50,64)(H,51,63)(H,52,65)(H,53,67)(H,58,59)(H,60,61)(H,69,70)(H4,45,46,47)/t21-,22-,23-,24-,25-,26-,27-,28-/m0/s1. The van der Waals surface area contributed by atoms with Gasteiger partial charge in [0.1, 0.15) is 48.3 Å². The monoisotopic (exact) mass is 991 g/mol. The first-order valence-corrected chi connectivity index (χ1v) is 21.8. The summed E-state index contributed by atoms with van der Waals surface area (Å²) in [4.78, 5) is 155. The van der Waals surface area contributed by atoms with Gasteiger partial charge in [0.25, 0.3) is 0 Å². The number of rotatable bonds is 31. The van der Waals surface area contributed by atoms with Crippen LogP contribution < -0.4 is 60.2 Å². The fraction of sp³-hybridized carbons (Fsp3) is 0.537. The third kappa shape index (κ3) is 20.5. The van der Waals surface area contributed by atoms with E-state index in [1.165, 1.54) is 0 Å². The topological polar surface area (TPSA) is 501 Å². The van der Waals surface area contributed by atoms with Crippen LogP contribution in [0.5, 0.6) is 0 Å². The number of aliphatic carboxylic acids is 3. The highest BCUT2D eigenvalue weighted by Gasteiger charge is 2.39. The molecule has 386 valence electrons. The number of hydrogen-bond donors (Lipinski definition) is 16. The maximum atomic E-state index is 13.9. The number of aliphatic hydroxyl groups excluding tert-OH is 1. The molecule has 8 atom stereocenters. The predicted molar refractivity (Wildman–Crippen MR) is 240 cm³/mol. The molecule has 0 unspecified atom stereocenters. The van der Waals surface area contributed by atoms with E-state index in [4.69, 9.17) is 28.3 Å². The molecule has 1 aliphatic rings. The molecule has 1 heterocycles. The van der Waals surface area contributed by atoms with E-state index in [2.05, 4.69) is 37.2 Å². The fourth-order valence-corrected chi connectivity index (χ4v) is 6.96. The lowest BCUT2D eigenvalue weighted by atomic mass is 10.0. The highest BCUT2D eigenvalue weighted by Crippen LogP contribution is 2.19. The molecule has 20 N–H and O–H groups in total. The van der Waals surface area contributed by atoms with Gasteiger partial charge in [-0.1, -0.05) is 30.3 Å². The number of aliphatic hydroxyl groups is 1. The maximum Gasteiger partial charge on any atom is 0.326 e. The van der Waals surface area contributed by atoms with E-state index < -0.39 is 165 Å². The van der Waals surface area contributed by atoms with Crippen molar-refractivity contribution in [3.05, 3.63) is 35.9 Å². The van der Waals surface area contributed by atoms with Crippen LogP contribution in [0.2, 0.25) is 0 Å². The number of nitrogens with one attached hydrogen (secondary N) is 8. The van der Waals surface area contributed by atoms with Crippen molar-refractivity contribution in [2.75, 3.05) is 19.7 Å². The molecule has 0 aliphatic carbocycles. The van der Waals surface area contributed by atoms with E-state index in [0.29, 0.717) is 12.0 Å². The smallest absolute Gasteiger partial charge is 0.326 e. The Bertz CT molecular complexity index is 2090. The van der Waals surface area contributed by atoms with Crippen molar-refractivity contribution in [1.82, 2.24) is 42.1 Å². The lowest BCUT2D eigenvalue weighted by Gasteiger charge is -2.28. The molecule has 0 aromatic heterocycles. The minimum Gasteiger partial charge on any atom is -0.481 e. The second kappa shape index (κ2) is 29.1. The first kappa shape index (κ1) is 58.2. The third-order valence-corrected chi connectivity index (χ3v) is 10.5. The molecule has 2 rings (SSSR count). The summed E-state index contributed by atoms with van der Waals surface area (Å²) in [5.41, 5.74) is 22.0. The van der Waals surface area contributed by atoms with E-state index in [1.807, 2.05) is 0 Å². The van der Waals surface area contributed by atoms with E-state index in [1.54, 1.807) is 30.3 Å². The van der Waals surface area contributed by atoms with Crippen molar-refractivity contribution in [1.29, 1.82) is 5.41 Å². The number of likely N-dealkylation sites (tertiary alicyclic amines) is 1. The number of nitrogens with zero attached hydrogens (tertiary/aromatic N) is 1. The van der Waals surface area contributed by atoms with Gasteiger partial charge in [0.2, 0.25) is 53.2 Å². The van der Waals surface area contributed by atoms with E-state index in [0.717, 1.165) is 4.90 Å². The van der Waals surface area contributed by atoms with Gasteiger partial charge < -0.3 is 85.5 Å². The third-order valence-electron chi connectivity index (χ3n) is 10.5. The Kier molecular flexibility index (Phi) is 24.1. The number of carbonyl (C=O) groups excluding carboxylic acids is 9. The SMILES string of the molecule is N=C(N)NCCC[C@H](NC(=O)[C@H](Cc1ccccc1)NC(=O)[C@H](CCC(N)=O)NC(=O)[C@H](CCC(=O)O)NC(=O)[C@H](CC(=O)O)NC(=O)[C@H](CC(N)=O)NC(=O)[C@@H]1CCCN1C(=O)[C@@H](N)CO)C(=O)O. The lowest BCUT2D eigenvalue weighted by Crippen LogP contribution is -2.60. The number of benzene rings is 1. The van der Waals surface area contributed by atoms with Gasteiger partial charge in [0.15, 0.2) is 5.96 Å². The van der Waals surface area contributed by atoms with E-state index >= 15 is 0 Å². The van der Waals surface area contributed by atoms with Crippen LogP contribution in [0.1, 0.15) is 69.8 Å². The van der Waals surface area contributed by atoms with Crippen molar-refractivity contribution in [3.8, 4) is 0 Å². The molecule has 1 fully saturated rings. The molecule has 1 aromatic rings. The van der Waals surface area contributed by atoms with Crippen molar-refractivity contribution in [2.24, 2.45) is 22.9 Å². The zero-order valence-electron chi connectivity index (χ0n) is 37.8. The van der Waals surface area contributed by atoms with Crippen molar-refractivity contribution < 1.29 is 78.0 Å². The average Bonchev–Trinajstić information content (AvgIpc) is 3.79. The molecule has 0 radical (unpaired) electrons. The van der Waals surface area contributed by atoms with Crippen LogP contribution in [-0.2, 0) is 64.0 Å². The summed E-state index contributed by atoms with van der Waals surface area (Å²) in [7, 11) is 0. The normalized spacial score (nSPS) is 16.0. The number of carbonyl (C=O) groups is 12. The molecule has 29 nitrogen and oxygen atoms in total. The average molecular weight is 992 g/mol. The van der Waals surface area contributed by atoms with Gasteiger partial charge >= 0.3 is 17.9 Å². The summed E-state index contributed by atoms with van der Waals surface area (Å²) in [6.45, 7) is -0.600. The summed E-state index contributed by atoms with van der Waals surface area (Å²) in [6, 6.07) is -5.18. The zero-order chi connectivity index (χ0) is 52.7. The highest BCUT2D eigenvalue weighted by atomic mass is 16.4. The van der Waals surface area contributed by atoms with Crippen LogP contribution in [0.15, 0.2) is 30.3 Å². The minimum absolute atomic E-state index is 0.0517. The second-order valence-corrected chi connectivity index (χ2v) is 16.1. The molecule has 0 bridgehead atoms. The first-order chi connectivity index (χ1) is 32.9. The Morgan fingerprint density at radius 1 is 0.643 bits per heavy atom. The number of guanidine groups is 1. The quantitative estimate of drug-likeness (QED) is 0.0187. The number of primary amides is 2. The molecule has 29 heteroatoms. The summed E-state index contributed by atoms with van der Waals surface area (Å²) >= 11 is 0. The summed E-state index contributed by atoms with van der Waals surface area (Å²) in [5.74, 6) is -15.0. The Hall–Kier alpha value is -7.95. The Morgan fingerprint density at radius 2 is 1.16 bits per heavy atom. The first-order valence-electron chi connectivity index (χ1n) is 21.8. The van der Waals surface area contributed by atoms with Crippen LogP contribution in [0.3, 0.4) is 0 Å². The molecule has 1 aromatic carbocycles. The highest BCUT2D eigenvalue weighted by molar-refractivity contribution is 5.99. The molecule has 0 spiro atoms. The summed E-state index contributed by atoms with van der Waals surface area (Å²) in [6.07, 6.45) is -4.59. The Morgan fingerprint density at radius 3 is 1.67 bits per heavy atom. The van der Waals surface area contributed by atoms with E-state index in [9.17, 15) is 78.0 Å². The maximum absolute atomic E-state index is 13.9. The van der Waals surface area contributed by atoms with Gasteiger partial charge in [-0.2, -0.15) is 0 Å². The van der Waals surface area contributed by atoms with Crippen LogP contribution >= 0.6 is 0 Å². The number of carboxylic acid groups (broad SMARTS) is 3. The molecule has 70 heavy (non-hydrogen) atoms. The molecule has 1 aliphatic heterocycles. The van der Waals surface area contributed by atoms with Gasteiger partial charge in [-0.3, -0.25) is 58.1 Å². The second-order valence-electron chi connectivity index (χ2n) is 16.1. The van der Waals surface area contributed by atoms with Crippen LogP contribution in [0, 0.1) is 5.41 Å². The molecule has 9 amide bonds. The molecular weight excluding hydrogens is 931 g/mol. The largest absolute Gasteiger partial charge is 0.481 e. The van der Waals surface area contributed by atoms with Gasteiger partial charge in [-0.05, 0) is 44.1 Å². The molecule has 1 saturated heterocycles. The van der Waals surface area contributed by atoms with Crippen LogP contribution in [0.25, 0.3) is 0 Å². The predicted octanol–water partition coefficient (Wildman–Crippen LogP) is -6.72. The van der Waals surface area contributed by atoms with Gasteiger partial charge in [0, 0.05) is 32.4 Å². The van der Waals surface area contributed by atoms with Gasteiger partial charge in [-0.25, -0.2) is 4.79 Å². The molecule has 0 saturated carbocycles. The fourth-order valence-electron chi connectivity index (χ4n) is 6.96. The van der Waals surface area contributed by atoms with Crippen LogP contribution in [0.4, 0.5) is 0 Å². The number of carboxylic acids is 3. The zero-order valence-corrected chi connectivity index (χ0v) is 37.8. The number of amides is 9. The Labute approximate surface area is 399 Å². The van der Waals surface area contributed by atoms with Crippen molar-refractivity contribution >= 4 is 77.0 Å². The van der Waals surface area contributed by atoms with Gasteiger partial charge in [0.05, 0.1) is 19.4 Å². The van der Waals surface area contributed by atoms with Crippen LogP contribution in [-0.4, -0.2) is 170 Å². The number of nitrogens with two attached hydrogens (primary N) is 4. The van der Waals surface area contributed by atoms with Crippen molar-refractivity contribution in [3.63, 3.8) is 0 Å². The summed E-state index contributed by atoms with van der Waals surface area (Å²) < 4.78 is 0. The van der Waals surface area contributed by atoms with Gasteiger partial charge in [-0.15, -0.1) is 0 Å². The lowest BCUT2D eigenvalue weighted by molar-refractivity contribution is -0.143. The van der Waals surface area contributed by atoms with E-state index in [-0.39, 0.29) is 44.7 Å².